The van der Waals surface area contributed by atoms with E-state index in [1.807, 2.05) is 42.6 Å². The van der Waals surface area contributed by atoms with Gasteiger partial charge in [0.2, 0.25) is 6.79 Å². The van der Waals surface area contributed by atoms with Crippen LogP contribution in [0.4, 0.5) is 0 Å². The van der Waals surface area contributed by atoms with E-state index >= 15 is 0 Å². The first-order valence-electron chi connectivity index (χ1n) is 13.0. The Morgan fingerprint density at radius 1 is 0.947 bits per heavy atom. The first kappa shape index (κ1) is 25.9. The predicted octanol–water partition coefficient (Wildman–Crippen LogP) is 6.13. The number of aryl methyl sites for hydroxylation is 2. The van der Waals surface area contributed by atoms with Crippen molar-refractivity contribution >= 4 is 17.2 Å². The lowest BCUT2D eigenvalue weighted by molar-refractivity contribution is 0.0933. The molecule has 0 radical (unpaired) electrons. The van der Waals surface area contributed by atoms with Gasteiger partial charge in [-0.1, -0.05) is 66.2 Å². The number of hydrogen-bond acceptors (Lipinski definition) is 6. The Morgan fingerprint density at radius 2 is 1.68 bits per heavy atom. The molecule has 0 aliphatic carbocycles. The molecule has 7 heteroatoms. The fourth-order valence-electron chi connectivity index (χ4n) is 4.49. The fourth-order valence-corrected chi connectivity index (χ4v) is 5.31. The molecule has 1 aliphatic heterocycles. The van der Waals surface area contributed by atoms with Gasteiger partial charge in [0.25, 0.3) is 5.91 Å². The minimum Gasteiger partial charge on any atom is -0.454 e. The van der Waals surface area contributed by atoms with E-state index in [0.29, 0.717) is 12.2 Å². The van der Waals surface area contributed by atoms with Gasteiger partial charge in [-0.2, -0.15) is 0 Å². The lowest BCUT2D eigenvalue weighted by Crippen LogP contribution is -2.33. The van der Waals surface area contributed by atoms with Crippen molar-refractivity contribution in [1.29, 1.82) is 0 Å². The minimum atomic E-state index is -0.117. The van der Waals surface area contributed by atoms with E-state index in [1.54, 1.807) is 0 Å². The summed E-state index contributed by atoms with van der Waals surface area (Å²) in [5.41, 5.74) is 5.38. The molecule has 0 saturated heterocycles. The van der Waals surface area contributed by atoms with Crippen molar-refractivity contribution in [3.8, 4) is 11.5 Å². The summed E-state index contributed by atoms with van der Waals surface area (Å²) in [5.74, 6) is 1.45. The maximum atomic E-state index is 12.9. The summed E-state index contributed by atoms with van der Waals surface area (Å²) >= 11 is 1.53. The summed E-state index contributed by atoms with van der Waals surface area (Å²) in [4.78, 5) is 19.9. The molecule has 6 nitrogen and oxygen atoms in total. The lowest BCUT2D eigenvalue weighted by Gasteiger charge is -2.22. The summed E-state index contributed by atoms with van der Waals surface area (Å²) in [6.45, 7) is 6.54. The van der Waals surface area contributed by atoms with Crippen LogP contribution in [0.25, 0.3) is 0 Å². The van der Waals surface area contributed by atoms with Crippen LogP contribution in [-0.2, 0) is 26.1 Å². The highest BCUT2D eigenvalue weighted by Gasteiger charge is 2.18. The summed E-state index contributed by atoms with van der Waals surface area (Å²) < 4.78 is 11.0. The van der Waals surface area contributed by atoms with Crippen molar-refractivity contribution in [3.63, 3.8) is 0 Å². The standard InChI is InChI=1S/C31H33N3O3S/c1-22-8-11-25(12-9-22)17-34(18-26-14-15-28-29(16-26)37-21-36-28)19-30-33-27(20-38-30)31(35)32-23(2)10-13-24-6-4-3-5-7-24/h3-9,11-12,14-16,20,23H,10,13,17-19,21H2,1-2H3,(H,32,35). The van der Waals surface area contributed by atoms with Crippen molar-refractivity contribution in [2.24, 2.45) is 0 Å². The summed E-state index contributed by atoms with van der Waals surface area (Å²) in [5, 5.41) is 5.88. The number of amides is 1. The van der Waals surface area contributed by atoms with E-state index in [0.717, 1.165) is 48.0 Å². The smallest absolute Gasteiger partial charge is 0.270 e. The quantitative estimate of drug-likeness (QED) is 0.254. The number of thiazole rings is 1. The number of fused-ring (bicyclic) bond motifs is 1. The zero-order valence-corrected chi connectivity index (χ0v) is 22.7. The van der Waals surface area contributed by atoms with Gasteiger partial charge in [-0.3, -0.25) is 9.69 Å². The second-order valence-electron chi connectivity index (χ2n) is 9.84. The van der Waals surface area contributed by atoms with E-state index in [-0.39, 0.29) is 18.7 Å². The molecule has 1 atom stereocenters. The van der Waals surface area contributed by atoms with E-state index in [4.69, 9.17) is 14.5 Å². The Hall–Kier alpha value is -3.68. The van der Waals surface area contributed by atoms with Gasteiger partial charge in [-0.25, -0.2) is 4.98 Å². The van der Waals surface area contributed by atoms with E-state index in [2.05, 4.69) is 59.6 Å². The number of carbonyl (C=O) groups excluding carboxylic acids is 1. The molecule has 5 rings (SSSR count). The molecule has 1 N–H and O–H groups in total. The zero-order valence-electron chi connectivity index (χ0n) is 21.9. The van der Waals surface area contributed by atoms with Crippen LogP contribution in [0.5, 0.6) is 11.5 Å². The van der Waals surface area contributed by atoms with Crippen molar-refractivity contribution in [2.75, 3.05) is 6.79 Å². The molecule has 2 heterocycles. The van der Waals surface area contributed by atoms with E-state index in [1.165, 1.54) is 28.0 Å². The number of rotatable bonds is 11. The third kappa shape index (κ3) is 7.00. The largest absolute Gasteiger partial charge is 0.454 e. The molecule has 1 amide bonds. The first-order chi connectivity index (χ1) is 18.5. The van der Waals surface area contributed by atoms with Crippen LogP contribution >= 0.6 is 11.3 Å². The normalized spacial score (nSPS) is 13.0. The fraction of sp³-hybridized carbons (Fsp3) is 0.290. The van der Waals surface area contributed by atoms with Gasteiger partial charge in [-0.15, -0.1) is 11.3 Å². The van der Waals surface area contributed by atoms with Crippen molar-refractivity contribution in [3.05, 3.63) is 111 Å². The number of aromatic nitrogens is 1. The number of carbonyl (C=O) groups is 1. The average Bonchev–Trinajstić information content (AvgIpc) is 3.59. The number of nitrogens with one attached hydrogen (secondary N) is 1. The molecule has 3 aromatic carbocycles. The molecule has 1 aliphatic rings. The van der Waals surface area contributed by atoms with Crippen LogP contribution in [0.15, 0.2) is 78.2 Å². The number of benzene rings is 3. The topological polar surface area (TPSA) is 63.7 Å². The highest BCUT2D eigenvalue weighted by molar-refractivity contribution is 7.09. The van der Waals surface area contributed by atoms with Crippen LogP contribution in [0.1, 0.15) is 51.1 Å². The minimum absolute atomic E-state index is 0.0666. The average molecular weight is 528 g/mol. The van der Waals surface area contributed by atoms with Crippen LogP contribution in [0.3, 0.4) is 0 Å². The third-order valence-electron chi connectivity index (χ3n) is 6.60. The molecule has 1 aromatic heterocycles. The highest BCUT2D eigenvalue weighted by atomic mass is 32.1. The Kier molecular flexibility index (Phi) is 8.36. The summed E-state index contributed by atoms with van der Waals surface area (Å²) in [6.07, 6.45) is 1.81. The van der Waals surface area contributed by atoms with Gasteiger partial charge < -0.3 is 14.8 Å². The van der Waals surface area contributed by atoms with Gasteiger partial charge in [-0.05, 0) is 55.5 Å². The Morgan fingerprint density at radius 3 is 2.50 bits per heavy atom. The molecule has 0 bridgehead atoms. The summed E-state index contributed by atoms with van der Waals surface area (Å²) in [6, 6.07) is 25.1. The van der Waals surface area contributed by atoms with Crippen LogP contribution in [0, 0.1) is 6.92 Å². The Labute approximate surface area is 228 Å². The van der Waals surface area contributed by atoms with E-state index in [9.17, 15) is 4.79 Å². The third-order valence-corrected chi connectivity index (χ3v) is 7.43. The number of ether oxygens (including phenoxy) is 2. The Bertz CT molecular complexity index is 1350. The molecule has 0 spiro atoms. The van der Waals surface area contributed by atoms with Crippen LogP contribution < -0.4 is 14.8 Å². The maximum Gasteiger partial charge on any atom is 0.270 e. The second-order valence-corrected chi connectivity index (χ2v) is 10.8. The molecule has 38 heavy (non-hydrogen) atoms. The summed E-state index contributed by atoms with van der Waals surface area (Å²) in [7, 11) is 0. The molecule has 196 valence electrons. The molecular formula is C31H33N3O3S. The first-order valence-corrected chi connectivity index (χ1v) is 13.9. The van der Waals surface area contributed by atoms with Crippen molar-refractivity contribution < 1.29 is 14.3 Å². The molecule has 4 aromatic rings. The monoisotopic (exact) mass is 527 g/mol. The predicted molar refractivity (Wildman–Crippen MR) is 151 cm³/mol. The molecule has 1 unspecified atom stereocenters. The van der Waals surface area contributed by atoms with Gasteiger partial charge in [0.1, 0.15) is 10.7 Å². The number of hydrogen-bond donors (Lipinski definition) is 1. The van der Waals surface area contributed by atoms with Crippen LogP contribution in [0.2, 0.25) is 0 Å². The van der Waals surface area contributed by atoms with Gasteiger partial charge in [0.15, 0.2) is 11.5 Å². The van der Waals surface area contributed by atoms with Gasteiger partial charge >= 0.3 is 0 Å². The number of nitrogens with zero attached hydrogens (tertiary/aromatic N) is 2. The molecular weight excluding hydrogens is 494 g/mol. The molecule has 0 saturated carbocycles. The van der Waals surface area contributed by atoms with Crippen molar-refractivity contribution in [2.45, 2.75) is 52.4 Å². The van der Waals surface area contributed by atoms with Crippen LogP contribution in [-0.4, -0.2) is 28.6 Å². The highest BCUT2D eigenvalue weighted by Crippen LogP contribution is 2.33. The van der Waals surface area contributed by atoms with Crippen molar-refractivity contribution in [1.82, 2.24) is 15.2 Å². The van der Waals surface area contributed by atoms with E-state index < -0.39 is 0 Å². The SMILES string of the molecule is Cc1ccc(CN(Cc2ccc3c(c2)OCO3)Cc2nc(C(=O)NC(C)CCc3ccccc3)cs2)cc1. The van der Waals surface area contributed by atoms with Gasteiger partial charge in [0.05, 0.1) is 6.54 Å². The van der Waals surface area contributed by atoms with Gasteiger partial charge in [0, 0.05) is 24.5 Å². The zero-order chi connectivity index (χ0) is 26.3. The Balaban J connectivity index is 1.23. The maximum absolute atomic E-state index is 12.9. The second kappa shape index (κ2) is 12.2. The lowest BCUT2D eigenvalue weighted by atomic mass is 10.1. The molecule has 0 fully saturated rings.